The van der Waals surface area contributed by atoms with Gasteiger partial charge in [0.15, 0.2) is 5.82 Å². The molecule has 1 atom stereocenters. The topological polar surface area (TPSA) is 71.8 Å². The molecule has 7 nitrogen and oxygen atoms in total. The van der Waals surface area contributed by atoms with Gasteiger partial charge < -0.3 is 15.0 Å². The summed E-state index contributed by atoms with van der Waals surface area (Å²) in [5, 5.41) is 7.41. The molecule has 4 aromatic rings. The van der Waals surface area contributed by atoms with Crippen molar-refractivity contribution in [1.82, 2.24) is 19.9 Å². The molecule has 8 heteroatoms. The molecule has 35 heavy (non-hydrogen) atoms. The van der Waals surface area contributed by atoms with Crippen molar-refractivity contribution in [3.8, 4) is 16.9 Å². The number of benzene rings is 2. The van der Waals surface area contributed by atoms with Crippen LogP contribution in [0.2, 0.25) is 0 Å². The van der Waals surface area contributed by atoms with Crippen LogP contribution in [-0.2, 0) is 4.79 Å². The molecule has 178 valence electrons. The predicted molar refractivity (Wildman–Crippen MR) is 131 cm³/mol. The lowest BCUT2D eigenvalue weighted by atomic mass is 9.98. The highest BCUT2D eigenvalue weighted by atomic mass is 19.1. The molecule has 0 unspecified atom stereocenters. The Kier molecular flexibility index (Phi) is 5.36. The molecule has 1 saturated heterocycles. The van der Waals surface area contributed by atoms with Gasteiger partial charge in [-0.3, -0.25) is 4.79 Å². The Morgan fingerprint density at radius 3 is 2.54 bits per heavy atom. The van der Waals surface area contributed by atoms with Crippen molar-refractivity contribution in [3.05, 3.63) is 78.5 Å². The lowest BCUT2D eigenvalue weighted by Gasteiger charge is -2.39. The average Bonchev–Trinajstić information content (AvgIpc) is 3.53. The van der Waals surface area contributed by atoms with Crippen molar-refractivity contribution in [2.45, 2.75) is 31.9 Å². The second kappa shape index (κ2) is 8.69. The van der Waals surface area contributed by atoms with Crippen molar-refractivity contribution < 1.29 is 13.9 Å². The fourth-order valence-electron chi connectivity index (χ4n) is 4.41. The maximum atomic E-state index is 13.2. The zero-order valence-electron chi connectivity index (χ0n) is 19.4. The smallest absolute Gasteiger partial charge is 0.227 e. The zero-order valence-corrected chi connectivity index (χ0v) is 19.4. The number of aromatic nitrogens is 3. The van der Waals surface area contributed by atoms with Crippen LogP contribution in [0.3, 0.4) is 0 Å². The van der Waals surface area contributed by atoms with E-state index in [1.807, 2.05) is 29.8 Å². The molecule has 1 amide bonds. The van der Waals surface area contributed by atoms with Crippen molar-refractivity contribution in [3.63, 3.8) is 0 Å². The maximum absolute atomic E-state index is 13.2. The Morgan fingerprint density at radius 1 is 1.09 bits per heavy atom. The molecule has 1 aliphatic carbocycles. The third kappa shape index (κ3) is 4.43. The number of nitrogens with zero attached hydrogens (tertiary/aromatic N) is 4. The fraction of sp³-hybridized carbons (Fsp3) is 0.296. The van der Waals surface area contributed by atoms with Gasteiger partial charge >= 0.3 is 0 Å². The molecule has 0 spiro atoms. The summed E-state index contributed by atoms with van der Waals surface area (Å²) in [7, 11) is 0. The van der Waals surface area contributed by atoms with Gasteiger partial charge in [-0.1, -0.05) is 24.3 Å². The van der Waals surface area contributed by atoms with Gasteiger partial charge in [-0.25, -0.2) is 13.9 Å². The van der Waals surface area contributed by atoms with Crippen molar-refractivity contribution in [2.24, 2.45) is 5.92 Å². The van der Waals surface area contributed by atoms with E-state index >= 15 is 0 Å². The van der Waals surface area contributed by atoms with Crippen LogP contribution >= 0.6 is 0 Å². The van der Waals surface area contributed by atoms with E-state index in [2.05, 4.69) is 38.5 Å². The first-order chi connectivity index (χ1) is 17.0. The molecular formula is C27H26FN5O2. The van der Waals surface area contributed by atoms with E-state index in [0.29, 0.717) is 19.2 Å². The monoisotopic (exact) mass is 471 g/mol. The number of nitrogens with one attached hydrogen (secondary N) is 1. The van der Waals surface area contributed by atoms with Crippen LogP contribution < -0.4 is 15.0 Å². The normalized spacial score (nSPS) is 16.7. The van der Waals surface area contributed by atoms with Crippen LogP contribution in [-0.4, -0.2) is 39.7 Å². The molecule has 3 heterocycles. The van der Waals surface area contributed by atoms with E-state index in [1.165, 1.54) is 12.1 Å². The zero-order chi connectivity index (χ0) is 23.9. The molecule has 0 radical (unpaired) electrons. The predicted octanol–water partition coefficient (Wildman–Crippen LogP) is 4.39. The summed E-state index contributed by atoms with van der Waals surface area (Å²) in [4.78, 5) is 19.3. The summed E-state index contributed by atoms with van der Waals surface area (Å²) in [5.74, 6) is 1.30. The number of fused-ring (bicyclic) bond motifs is 1. The standard InChI is InChI=1S/C27H26FN5O2/c1-17(18-2-6-22(28)7-3-18)31-27(34)21-13-32(14-21)26-25-12-20(15-33(25)30-16-29-26)19-4-8-23(9-5-19)35-24-10-11-24/h2-9,12,15-17,21,24H,10-11,13-14H2,1H3,(H,31,34)/t17-/m0/s1. The molecule has 1 N–H and O–H groups in total. The number of halogens is 1. The second-order valence-electron chi connectivity index (χ2n) is 9.37. The van der Waals surface area contributed by atoms with Crippen molar-refractivity contribution >= 4 is 17.2 Å². The van der Waals surface area contributed by atoms with Crippen LogP contribution in [0.1, 0.15) is 31.4 Å². The number of carbonyl (C=O) groups is 1. The van der Waals surface area contributed by atoms with Gasteiger partial charge in [0, 0.05) is 24.8 Å². The first kappa shape index (κ1) is 21.6. The molecule has 1 aliphatic heterocycles. The molecular weight excluding hydrogens is 445 g/mol. The number of carbonyl (C=O) groups excluding carboxylic acids is 1. The van der Waals surface area contributed by atoms with Gasteiger partial charge in [-0.05, 0) is 61.2 Å². The molecule has 2 aromatic heterocycles. The quantitative estimate of drug-likeness (QED) is 0.433. The lowest BCUT2D eigenvalue weighted by molar-refractivity contribution is -0.126. The molecule has 2 fully saturated rings. The minimum atomic E-state index is -0.286. The number of ether oxygens (including phenoxy) is 1. The first-order valence-corrected chi connectivity index (χ1v) is 11.9. The lowest BCUT2D eigenvalue weighted by Crippen LogP contribution is -2.54. The van der Waals surface area contributed by atoms with Gasteiger partial charge in [0.05, 0.1) is 18.1 Å². The Bertz CT molecular complexity index is 1360. The molecule has 6 rings (SSSR count). The van der Waals surface area contributed by atoms with Crippen LogP contribution in [0.25, 0.3) is 16.6 Å². The Labute approximate surface area is 202 Å². The highest BCUT2D eigenvalue weighted by Crippen LogP contribution is 2.32. The largest absolute Gasteiger partial charge is 0.490 e. The molecule has 2 aromatic carbocycles. The molecule has 1 saturated carbocycles. The van der Waals surface area contributed by atoms with E-state index < -0.39 is 0 Å². The Hall–Kier alpha value is -3.94. The van der Waals surface area contributed by atoms with Gasteiger partial charge in [-0.2, -0.15) is 5.10 Å². The number of hydrogen-bond donors (Lipinski definition) is 1. The third-order valence-corrected chi connectivity index (χ3v) is 6.68. The van der Waals surface area contributed by atoms with Crippen LogP contribution in [0.5, 0.6) is 5.75 Å². The highest BCUT2D eigenvalue weighted by Gasteiger charge is 2.35. The highest BCUT2D eigenvalue weighted by molar-refractivity contribution is 5.84. The Balaban J connectivity index is 1.12. The molecule has 0 bridgehead atoms. The minimum Gasteiger partial charge on any atom is -0.490 e. The second-order valence-corrected chi connectivity index (χ2v) is 9.37. The van der Waals surface area contributed by atoms with Gasteiger partial charge in [0.25, 0.3) is 0 Å². The Morgan fingerprint density at radius 2 is 1.83 bits per heavy atom. The van der Waals surface area contributed by atoms with Gasteiger partial charge in [0.2, 0.25) is 5.91 Å². The minimum absolute atomic E-state index is 0.00673. The van der Waals surface area contributed by atoms with Gasteiger partial charge in [-0.15, -0.1) is 0 Å². The van der Waals surface area contributed by atoms with E-state index in [0.717, 1.165) is 46.6 Å². The number of rotatable bonds is 7. The summed E-state index contributed by atoms with van der Waals surface area (Å²) in [5.41, 5.74) is 3.91. The summed E-state index contributed by atoms with van der Waals surface area (Å²) in [6.07, 6.45) is 6.19. The van der Waals surface area contributed by atoms with E-state index in [4.69, 9.17) is 4.74 Å². The molecule has 2 aliphatic rings. The fourth-order valence-corrected chi connectivity index (χ4v) is 4.41. The van der Waals surface area contributed by atoms with E-state index in [9.17, 15) is 9.18 Å². The summed E-state index contributed by atoms with van der Waals surface area (Å²) in [6, 6.07) is 16.2. The maximum Gasteiger partial charge on any atom is 0.227 e. The number of hydrogen-bond acceptors (Lipinski definition) is 5. The van der Waals surface area contributed by atoms with Crippen molar-refractivity contribution in [2.75, 3.05) is 18.0 Å². The van der Waals surface area contributed by atoms with Crippen LogP contribution in [0.15, 0.2) is 67.1 Å². The van der Waals surface area contributed by atoms with Crippen molar-refractivity contribution in [1.29, 1.82) is 0 Å². The van der Waals surface area contributed by atoms with Gasteiger partial charge in [0.1, 0.15) is 23.4 Å². The van der Waals surface area contributed by atoms with E-state index in [-0.39, 0.29) is 23.7 Å². The SMILES string of the molecule is C[C@H](NC(=O)C1CN(c2ncnn3cc(-c4ccc(OC5CC5)cc4)cc23)C1)c1ccc(F)cc1. The third-order valence-electron chi connectivity index (χ3n) is 6.68. The average molecular weight is 472 g/mol. The summed E-state index contributed by atoms with van der Waals surface area (Å²) in [6.45, 7) is 3.08. The van der Waals surface area contributed by atoms with E-state index in [1.54, 1.807) is 18.5 Å². The number of anilines is 1. The number of amides is 1. The first-order valence-electron chi connectivity index (χ1n) is 11.9. The van der Waals surface area contributed by atoms with Crippen LogP contribution in [0, 0.1) is 11.7 Å². The summed E-state index contributed by atoms with van der Waals surface area (Å²) < 4.78 is 20.8. The van der Waals surface area contributed by atoms with Crippen LogP contribution in [0.4, 0.5) is 10.2 Å². The summed E-state index contributed by atoms with van der Waals surface area (Å²) >= 11 is 0.